The lowest BCUT2D eigenvalue weighted by molar-refractivity contribution is -0.120. The van der Waals surface area contributed by atoms with Gasteiger partial charge in [0.25, 0.3) is 5.91 Å². The van der Waals surface area contributed by atoms with Gasteiger partial charge in [-0.3, -0.25) is 14.6 Å². The van der Waals surface area contributed by atoms with Gasteiger partial charge in [0, 0.05) is 32.3 Å². The van der Waals surface area contributed by atoms with Crippen LogP contribution in [0.3, 0.4) is 0 Å². The Morgan fingerprint density at radius 1 is 1.00 bits per heavy atom. The van der Waals surface area contributed by atoms with E-state index >= 15 is 0 Å². The van der Waals surface area contributed by atoms with E-state index < -0.39 is 5.41 Å². The second-order valence-electron chi connectivity index (χ2n) is 9.03. The minimum absolute atomic E-state index is 0.129. The first-order chi connectivity index (χ1) is 15.9. The van der Waals surface area contributed by atoms with Crippen LogP contribution in [0, 0.1) is 6.92 Å². The smallest absolute Gasteiger partial charge is 0.271 e. The second-order valence-corrected chi connectivity index (χ2v) is 9.03. The van der Waals surface area contributed by atoms with Crippen molar-refractivity contribution in [2.75, 3.05) is 20.9 Å². The number of aromatic nitrogens is 1. The molecule has 0 saturated heterocycles. The number of ketones is 1. The summed E-state index contributed by atoms with van der Waals surface area (Å²) in [6.07, 6.45) is 3.80. The van der Waals surface area contributed by atoms with Crippen molar-refractivity contribution < 1.29 is 19.1 Å². The summed E-state index contributed by atoms with van der Waals surface area (Å²) in [6.45, 7) is 2.26. The summed E-state index contributed by atoms with van der Waals surface area (Å²) in [5, 5.41) is 0. The Hall–Kier alpha value is -3.67. The Morgan fingerprint density at radius 2 is 1.79 bits per heavy atom. The van der Waals surface area contributed by atoms with E-state index in [2.05, 4.69) is 11.1 Å². The van der Waals surface area contributed by atoms with Crippen LogP contribution in [0.4, 0.5) is 0 Å². The molecule has 5 rings (SSSR count). The molecule has 2 aromatic carbocycles. The number of rotatable bonds is 6. The number of ether oxygens (including phenoxy) is 2. The Morgan fingerprint density at radius 3 is 2.48 bits per heavy atom. The van der Waals surface area contributed by atoms with E-state index in [9.17, 15) is 9.59 Å². The molecule has 2 heterocycles. The van der Waals surface area contributed by atoms with Crippen LogP contribution in [0.5, 0.6) is 11.5 Å². The van der Waals surface area contributed by atoms with Gasteiger partial charge < -0.3 is 14.4 Å². The molecule has 3 aromatic rings. The predicted molar refractivity (Wildman–Crippen MR) is 125 cm³/mol. The first kappa shape index (κ1) is 21.2. The highest BCUT2D eigenvalue weighted by Crippen LogP contribution is 2.51. The molecule has 6 nitrogen and oxygen atoms in total. The number of benzene rings is 2. The molecular weight excluding hydrogens is 416 g/mol. The molecule has 1 aliphatic heterocycles. The van der Waals surface area contributed by atoms with Crippen molar-refractivity contribution in [3.05, 3.63) is 77.1 Å². The maximum atomic E-state index is 13.4. The lowest BCUT2D eigenvalue weighted by atomic mass is 9.87. The number of fused-ring (bicyclic) bond motifs is 1. The van der Waals surface area contributed by atoms with Crippen LogP contribution in [0.15, 0.2) is 54.7 Å². The lowest BCUT2D eigenvalue weighted by Gasteiger charge is -2.16. The zero-order valence-corrected chi connectivity index (χ0v) is 19.1. The molecule has 0 bridgehead atoms. The van der Waals surface area contributed by atoms with Crippen LogP contribution in [-0.4, -0.2) is 42.5 Å². The van der Waals surface area contributed by atoms with Crippen LogP contribution in [0.1, 0.15) is 40.0 Å². The molecule has 1 aliphatic carbocycles. The Balaban J connectivity index is 1.37. The molecule has 33 heavy (non-hydrogen) atoms. The van der Waals surface area contributed by atoms with Crippen LogP contribution < -0.4 is 9.47 Å². The van der Waals surface area contributed by atoms with Crippen LogP contribution in [0.25, 0.3) is 11.1 Å². The highest BCUT2D eigenvalue weighted by Gasteiger charge is 2.50. The molecule has 1 aromatic heterocycles. The van der Waals surface area contributed by atoms with Crippen molar-refractivity contribution in [3.63, 3.8) is 0 Å². The van der Waals surface area contributed by atoms with E-state index in [0.29, 0.717) is 17.9 Å². The first-order valence-corrected chi connectivity index (χ1v) is 11.1. The van der Waals surface area contributed by atoms with E-state index in [4.69, 9.17) is 9.47 Å². The van der Waals surface area contributed by atoms with Crippen LogP contribution in [-0.2, 0) is 16.6 Å². The Kier molecular flexibility index (Phi) is 5.16. The predicted octanol–water partition coefficient (Wildman–Crippen LogP) is 4.33. The first-order valence-electron chi connectivity index (χ1n) is 11.1. The number of carbonyl (C=O) groups excluding carboxylic acids is 2. The molecule has 0 unspecified atom stereocenters. The Labute approximate surface area is 193 Å². The lowest BCUT2D eigenvalue weighted by Crippen LogP contribution is -2.22. The fraction of sp³-hybridized carbons (Fsp3) is 0.296. The molecule has 0 spiro atoms. The topological polar surface area (TPSA) is 68.7 Å². The van der Waals surface area contributed by atoms with E-state index in [0.717, 1.165) is 46.4 Å². The summed E-state index contributed by atoms with van der Waals surface area (Å²) in [5.74, 6) is 1.54. The van der Waals surface area contributed by atoms with Crippen molar-refractivity contribution in [2.24, 2.45) is 0 Å². The third kappa shape index (κ3) is 3.86. The molecule has 1 amide bonds. The van der Waals surface area contributed by atoms with Gasteiger partial charge in [-0.05, 0) is 60.2 Å². The van der Waals surface area contributed by atoms with E-state index in [1.807, 2.05) is 43.3 Å². The van der Waals surface area contributed by atoms with Crippen molar-refractivity contribution in [1.82, 2.24) is 9.88 Å². The van der Waals surface area contributed by atoms with Gasteiger partial charge in [-0.1, -0.05) is 30.3 Å². The highest BCUT2D eigenvalue weighted by molar-refractivity contribution is 5.95. The van der Waals surface area contributed by atoms with Crippen LogP contribution >= 0.6 is 0 Å². The fourth-order valence-electron chi connectivity index (χ4n) is 4.40. The SMILES string of the molecule is Cc1ccc(CC(=O)C2(c3ccc4c(c3)OCO4)CC2)cc1-c1ccc(C(=O)N(C)C)nc1. The number of amides is 1. The third-order valence-corrected chi connectivity index (χ3v) is 6.58. The van der Waals surface area contributed by atoms with Gasteiger partial charge in [0.15, 0.2) is 11.5 Å². The molecule has 0 radical (unpaired) electrons. The summed E-state index contributed by atoms with van der Waals surface area (Å²) in [6, 6.07) is 15.6. The maximum Gasteiger partial charge on any atom is 0.271 e. The molecule has 6 heteroatoms. The van der Waals surface area contributed by atoms with E-state index in [1.54, 1.807) is 26.4 Å². The minimum Gasteiger partial charge on any atom is -0.454 e. The second kappa shape index (κ2) is 8.03. The molecule has 2 aliphatic rings. The van der Waals surface area contributed by atoms with Gasteiger partial charge in [-0.2, -0.15) is 0 Å². The Bertz CT molecular complexity index is 1240. The molecule has 0 atom stereocenters. The number of hydrogen-bond acceptors (Lipinski definition) is 5. The van der Waals surface area contributed by atoms with Gasteiger partial charge in [-0.15, -0.1) is 0 Å². The number of pyridine rings is 1. The minimum atomic E-state index is -0.429. The van der Waals surface area contributed by atoms with Gasteiger partial charge in [0.05, 0.1) is 5.41 Å². The van der Waals surface area contributed by atoms with E-state index in [-0.39, 0.29) is 18.5 Å². The van der Waals surface area contributed by atoms with Gasteiger partial charge in [-0.25, -0.2) is 0 Å². The molecule has 168 valence electrons. The summed E-state index contributed by atoms with van der Waals surface area (Å²) < 4.78 is 10.9. The monoisotopic (exact) mass is 442 g/mol. The van der Waals surface area contributed by atoms with Crippen molar-refractivity contribution in [2.45, 2.75) is 31.6 Å². The largest absolute Gasteiger partial charge is 0.454 e. The molecule has 0 N–H and O–H groups in total. The average Bonchev–Trinajstić information content (AvgIpc) is 3.50. The van der Waals surface area contributed by atoms with Crippen molar-refractivity contribution >= 4 is 11.7 Å². The maximum absolute atomic E-state index is 13.4. The summed E-state index contributed by atoms with van der Waals surface area (Å²) in [5.41, 5.74) is 5.00. The number of aryl methyl sites for hydroxylation is 1. The molecule has 1 fully saturated rings. The summed E-state index contributed by atoms with van der Waals surface area (Å²) in [7, 11) is 3.41. The number of hydrogen-bond donors (Lipinski definition) is 0. The van der Waals surface area contributed by atoms with Gasteiger partial charge >= 0.3 is 0 Å². The average molecular weight is 443 g/mol. The summed E-state index contributed by atoms with van der Waals surface area (Å²) in [4.78, 5) is 31.4. The fourth-order valence-corrected chi connectivity index (χ4v) is 4.40. The summed E-state index contributed by atoms with van der Waals surface area (Å²) >= 11 is 0. The number of Topliss-reactive ketones (excluding diaryl/α,β-unsaturated/α-hetero) is 1. The quantitative estimate of drug-likeness (QED) is 0.568. The van der Waals surface area contributed by atoms with Gasteiger partial charge in [0.2, 0.25) is 6.79 Å². The molecule has 1 saturated carbocycles. The third-order valence-electron chi connectivity index (χ3n) is 6.58. The number of carbonyl (C=O) groups is 2. The van der Waals surface area contributed by atoms with E-state index in [1.165, 1.54) is 4.90 Å². The standard InChI is InChI=1S/C27H26N2O4/c1-17-4-5-18(12-21(17)19-6-8-22(28-15-19)26(31)29(2)3)13-25(30)27(10-11-27)20-7-9-23-24(14-20)33-16-32-23/h4-9,12,14-15H,10-11,13,16H2,1-3H3. The van der Waals surface area contributed by atoms with Crippen molar-refractivity contribution in [1.29, 1.82) is 0 Å². The zero-order valence-electron chi connectivity index (χ0n) is 19.1. The molecular formula is C27H26N2O4. The van der Waals surface area contributed by atoms with Gasteiger partial charge in [0.1, 0.15) is 11.5 Å². The normalized spacial score (nSPS) is 15.2. The van der Waals surface area contributed by atoms with Crippen LogP contribution in [0.2, 0.25) is 0 Å². The zero-order chi connectivity index (χ0) is 23.2. The van der Waals surface area contributed by atoms with Crippen molar-refractivity contribution in [3.8, 4) is 22.6 Å². The number of nitrogens with zero attached hydrogens (tertiary/aromatic N) is 2. The highest BCUT2D eigenvalue weighted by atomic mass is 16.7.